The number of benzene rings is 1. The van der Waals surface area contributed by atoms with Crippen LogP contribution in [0.25, 0.3) is 11.0 Å². The number of aromatic amines is 1. The third-order valence-electron chi connectivity index (χ3n) is 2.71. The number of hydrogen-bond donors (Lipinski definition) is 2. The number of methoxy groups -OCH3 is 1. The van der Waals surface area contributed by atoms with Crippen molar-refractivity contribution < 1.29 is 13.9 Å². The third kappa shape index (κ3) is 3.75. The van der Waals surface area contributed by atoms with Crippen molar-refractivity contribution in [3.05, 3.63) is 29.8 Å². The molecule has 0 unspecified atom stereocenters. The van der Waals surface area contributed by atoms with E-state index < -0.39 is 0 Å². The van der Waals surface area contributed by atoms with E-state index in [1.807, 2.05) is 0 Å². The lowest BCUT2D eigenvalue weighted by Crippen LogP contribution is -2.26. The summed E-state index contributed by atoms with van der Waals surface area (Å²) in [6.07, 6.45) is 0.927. The van der Waals surface area contributed by atoms with E-state index in [1.165, 1.54) is 12.1 Å². The maximum Gasteiger partial charge on any atom is 0.222 e. The van der Waals surface area contributed by atoms with Gasteiger partial charge in [0.15, 0.2) is 0 Å². The van der Waals surface area contributed by atoms with Crippen molar-refractivity contribution in [2.24, 2.45) is 0 Å². The molecule has 0 fully saturated rings. The fourth-order valence-corrected chi connectivity index (χ4v) is 1.76. The minimum Gasteiger partial charge on any atom is -0.384 e. The zero-order valence-corrected chi connectivity index (χ0v) is 10.7. The fraction of sp³-hybridized carbons (Fsp3) is 0.385. The van der Waals surface area contributed by atoms with Crippen LogP contribution in [0.5, 0.6) is 0 Å². The van der Waals surface area contributed by atoms with Crippen LogP contribution in [-0.4, -0.2) is 36.1 Å². The largest absolute Gasteiger partial charge is 0.384 e. The molecule has 19 heavy (non-hydrogen) atoms. The minimum absolute atomic E-state index is 0.0518. The Kier molecular flexibility index (Phi) is 4.46. The maximum absolute atomic E-state index is 13.0. The Bertz CT molecular complexity index is 568. The first-order valence-corrected chi connectivity index (χ1v) is 6.09. The molecule has 0 saturated heterocycles. The van der Waals surface area contributed by atoms with E-state index in [9.17, 15) is 9.18 Å². The number of nitrogens with one attached hydrogen (secondary N) is 2. The van der Waals surface area contributed by atoms with Gasteiger partial charge in [-0.15, -0.1) is 0 Å². The maximum atomic E-state index is 13.0. The minimum atomic E-state index is -0.296. The van der Waals surface area contributed by atoms with Crippen LogP contribution in [0.4, 0.5) is 4.39 Å². The van der Waals surface area contributed by atoms with Gasteiger partial charge < -0.3 is 15.0 Å². The first-order chi connectivity index (χ1) is 9.19. The first kappa shape index (κ1) is 13.5. The molecule has 0 bridgehead atoms. The van der Waals surface area contributed by atoms with Crippen LogP contribution in [0.2, 0.25) is 0 Å². The van der Waals surface area contributed by atoms with Gasteiger partial charge in [0.25, 0.3) is 0 Å². The summed E-state index contributed by atoms with van der Waals surface area (Å²) < 4.78 is 17.8. The Morgan fingerprint density at radius 2 is 2.37 bits per heavy atom. The highest BCUT2D eigenvalue weighted by Crippen LogP contribution is 2.12. The Morgan fingerprint density at radius 3 is 3.16 bits per heavy atom. The summed E-state index contributed by atoms with van der Waals surface area (Å²) in [5.41, 5.74) is 1.39. The molecule has 2 rings (SSSR count). The topological polar surface area (TPSA) is 67.0 Å². The number of amides is 1. The molecule has 0 atom stereocenters. The zero-order chi connectivity index (χ0) is 13.7. The van der Waals surface area contributed by atoms with E-state index >= 15 is 0 Å². The molecule has 102 valence electrons. The van der Waals surface area contributed by atoms with Crippen molar-refractivity contribution in [2.75, 3.05) is 20.3 Å². The SMILES string of the molecule is COCCC(=O)NCCc1nc2ccc(F)cc2[nH]1. The Labute approximate surface area is 110 Å². The van der Waals surface area contributed by atoms with Crippen LogP contribution in [-0.2, 0) is 16.0 Å². The summed E-state index contributed by atoms with van der Waals surface area (Å²) in [5.74, 6) is 0.382. The normalized spacial score (nSPS) is 10.8. The summed E-state index contributed by atoms with van der Waals surface area (Å²) in [4.78, 5) is 18.7. The number of nitrogens with zero attached hydrogens (tertiary/aromatic N) is 1. The number of ether oxygens (including phenoxy) is 1. The predicted molar refractivity (Wildman–Crippen MR) is 69.3 cm³/mol. The Hall–Kier alpha value is -1.95. The molecule has 2 aromatic rings. The van der Waals surface area contributed by atoms with Gasteiger partial charge in [0.05, 0.1) is 17.6 Å². The molecule has 1 heterocycles. The quantitative estimate of drug-likeness (QED) is 0.829. The number of aromatic nitrogens is 2. The number of rotatable bonds is 6. The molecule has 1 aromatic heterocycles. The van der Waals surface area contributed by atoms with E-state index in [0.717, 1.165) is 11.3 Å². The highest BCUT2D eigenvalue weighted by Gasteiger charge is 2.05. The molecule has 0 aliphatic rings. The number of hydrogen-bond acceptors (Lipinski definition) is 3. The standard InChI is InChI=1S/C13H16FN3O2/c1-19-7-5-13(18)15-6-4-12-16-10-3-2-9(14)8-11(10)17-12/h2-3,8H,4-7H2,1H3,(H,15,18)(H,16,17). The van der Waals surface area contributed by atoms with Crippen LogP contribution in [0, 0.1) is 5.82 Å². The molecule has 1 aromatic carbocycles. The van der Waals surface area contributed by atoms with E-state index in [1.54, 1.807) is 13.2 Å². The molecule has 0 saturated carbocycles. The number of fused-ring (bicyclic) bond motifs is 1. The summed E-state index contributed by atoms with van der Waals surface area (Å²) in [7, 11) is 1.56. The number of carbonyl (C=O) groups excluding carboxylic acids is 1. The summed E-state index contributed by atoms with van der Waals surface area (Å²) in [6.45, 7) is 0.903. The van der Waals surface area contributed by atoms with Gasteiger partial charge >= 0.3 is 0 Å². The molecule has 0 aliphatic heterocycles. The van der Waals surface area contributed by atoms with Gasteiger partial charge in [0, 0.05) is 26.5 Å². The molecule has 0 radical (unpaired) electrons. The number of imidazole rings is 1. The molecule has 0 aliphatic carbocycles. The summed E-state index contributed by atoms with van der Waals surface area (Å²) in [6, 6.07) is 4.41. The van der Waals surface area contributed by atoms with Crippen molar-refractivity contribution in [1.29, 1.82) is 0 Å². The lowest BCUT2D eigenvalue weighted by molar-refractivity contribution is -0.121. The second-order valence-electron chi connectivity index (χ2n) is 4.19. The Morgan fingerprint density at radius 1 is 1.53 bits per heavy atom. The van der Waals surface area contributed by atoms with Gasteiger partial charge in [-0.25, -0.2) is 9.37 Å². The zero-order valence-electron chi connectivity index (χ0n) is 10.7. The number of H-pyrrole nitrogens is 1. The van der Waals surface area contributed by atoms with Gasteiger partial charge in [0.1, 0.15) is 11.6 Å². The van der Waals surface area contributed by atoms with Gasteiger partial charge in [0.2, 0.25) is 5.91 Å². The van der Waals surface area contributed by atoms with Gasteiger partial charge in [-0.3, -0.25) is 4.79 Å². The second kappa shape index (κ2) is 6.29. The smallest absolute Gasteiger partial charge is 0.222 e. The van der Waals surface area contributed by atoms with Crippen LogP contribution in [0.1, 0.15) is 12.2 Å². The van der Waals surface area contributed by atoms with Crippen molar-refractivity contribution in [3.63, 3.8) is 0 Å². The average Bonchev–Trinajstić information content (AvgIpc) is 2.78. The van der Waals surface area contributed by atoms with E-state index in [4.69, 9.17) is 4.74 Å². The average molecular weight is 265 g/mol. The summed E-state index contributed by atoms with van der Waals surface area (Å²) >= 11 is 0. The molecular formula is C13H16FN3O2. The first-order valence-electron chi connectivity index (χ1n) is 6.09. The van der Waals surface area contributed by atoms with Gasteiger partial charge in [-0.2, -0.15) is 0 Å². The van der Waals surface area contributed by atoms with E-state index in [0.29, 0.717) is 31.5 Å². The lowest BCUT2D eigenvalue weighted by Gasteiger charge is -2.02. The van der Waals surface area contributed by atoms with E-state index in [-0.39, 0.29) is 11.7 Å². The monoisotopic (exact) mass is 265 g/mol. The number of carbonyl (C=O) groups is 1. The highest BCUT2D eigenvalue weighted by molar-refractivity contribution is 5.76. The van der Waals surface area contributed by atoms with Crippen LogP contribution < -0.4 is 5.32 Å². The van der Waals surface area contributed by atoms with Crippen molar-refractivity contribution in [3.8, 4) is 0 Å². The molecule has 0 spiro atoms. The molecular weight excluding hydrogens is 249 g/mol. The van der Waals surface area contributed by atoms with Gasteiger partial charge in [-0.05, 0) is 18.2 Å². The summed E-state index contributed by atoms with van der Waals surface area (Å²) in [5, 5.41) is 2.77. The highest BCUT2D eigenvalue weighted by atomic mass is 19.1. The molecule has 2 N–H and O–H groups in total. The van der Waals surface area contributed by atoms with Crippen LogP contribution in [0.3, 0.4) is 0 Å². The molecule has 1 amide bonds. The molecule has 6 heteroatoms. The Balaban J connectivity index is 1.86. The van der Waals surface area contributed by atoms with Crippen molar-refractivity contribution in [1.82, 2.24) is 15.3 Å². The second-order valence-corrected chi connectivity index (χ2v) is 4.19. The van der Waals surface area contributed by atoms with Gasteiger partial charge in [-0.1, -0.05) is 0 Å². The van der Waals surface area contributed by atoms with Crippen LogP contribution >= 0.6 is 0 Å². The predicted octanol–water partition coefficient (Wildman–Crippen LogP) is 1.40. The third-order valence-corrected chi connectivity index (χ3v) is 2.71. The lowest BCUT2D eigenvalue weighted by atomic mass is 10.3. The van der Waals surface area contributed by atoms with Crippen LogP contribution in [0.15, 0.2) is 18.2 Å². The number of halogens is 1. The molecule has 5 nitrogen and oxygen atoms in total. The van der Waals surface area contributed by atoms with E-state index in [2.05, 4.69) is 15.3 Å². The van der Waals surface area contributed by atoms with Crippen molar-refractivity contribution >= 4 is 16.9 Å². The van der Waals surface area contributed by atoms with Crippen molar-refractivity contribution in [2.45, 2.75) is 12.8 Å². The fourth-order valence-electron chi connectivity index (χ4n) is 1.76.